The molecule has 98 valence electrons. The third-order valence-electron chi connectivity index (χ3n) is 1.42. The van der Waals surface area contributed by atoms with Gasteiger partial charge in [0.05, 0.1) is 0 Å². The molecule has 0 aromatic rings. The van der Waals surface area contributed by atoms with Crippen LogP contribution in [0.3, 0.4) is 0 Å². The Morgan fingerprint density at radius 1 is 1.12 bits per heavy atom. The molecule has 2 amide bonds. The number of imide groups is 1. The third kappa shape index (κ3) is 4.87. The van der Waals surface area contributed by atoms with Gasteiger partial charge in [0, 0.05) is 5.57 Å². The topological polar surface area (TPSA) is 37.4 Å². The highest BCUT2D eigenvalue weighted by Gasteiger charge is 2.48. The second kappa shape index (κ2) is 4.76. The molecular weight excluding hydrogens is 256 g/mol. The molecule has 0 spiro atoms. The van der Waals surface area contributed by atoms with Crippen molar-refractivity contribution in [1.29, 1.82) is 0 Å². The fraction of sp³-hybridized carbons (Fsp3) is 0.500. The average molecular weight is 263 g/mol. The van der Waals surface area contributed by atoms with Crippen molar-refractivity contribution >= 4 is 11.8 Å². The molecule has 0 aliphatic rings. The number of halogens is 6. The molecule has 0 fully saturated rings. The smallest absolute Gasteiger partial charge is 0.274 e. The molecule has 0 N–H and O–H groups in total. The minimum absolute atomic E-state index is 0.696. The summed E-state index contributed by atoms with van der Waals surface area (Å²) in [5, 5.41) is 0. The summed E-state index contributed by atoms with van der Waals surface area (Å²) in [4.78, 5) is 20.3. The largest absolute Gasteiger partial charge is 0.494 e. The van der Waals surface area contributed by atoms with Gasteiger partial charge in [0.1, 0.15) is 6.42 Å². The zero-order valence-corrected chi connectivity index (χ0v) is 8.45. The maximum absolute atomic E-state index is 12.2. The fourth-order valence-corrected chi connectivity index (χ4v) is 0.811. The molecule has 0 radical (unpaired) electrons. The number of nitrogens with zero attached hydrogens (tertiary/aromatic N) is 1. The molecule has 0 aliphatic heterocycles. The highest BCUT2D eigenvalue weighted by atomic mass is 19.4. The molecule has 0 rings (SSSR count). The summed E-state index contributed by atoms with van der Waals surface area (Å²) < 4.78 is 72.0. The molecule has 0 aliphatic carbocycles. The van der Waals surface area contributed by atoms with E-state index >= 15 is 0 Å². The zero-order chi connectivity index (χ0) is 14.0. The lowest BCUT2D eigenvalue weighted by atomic mass is 10.2. The van der Waals surface area contributed by atoms with Crippen LogP contribution in [0.15, 0.2) is 12.2 Å². The van der Waals surface area contributed by atoms with E-state index in [0.29, 0.717) is 0 Å². The fourth-order valence-electron chi connectivity index (χ4n) is 0.811. The normalized spacial score (nSPS) is 12.2. The lowest BCUT2D eigenvalue weighted by Crippen LogP contribution is -2.48. The van der Waals surface area contributed by atoms with Crippen LogP contribution in [0.1, 0.15) is 13.3 Å². The standard InChI is InChI=1S/C8H7F6NO2/c1-4(2)6(17)15(8(12,13)14)5(16)3-7(9,10)11/h1,3H2,2H3. The van der Waals surface area contributed by atoms with Gasteiger partial charge in [-0.05, 0) is 6.92 Å². The number of carbonyl (C=O) groups excluding carboxylic acids is 2. The van der Waals surface area contributed by atoms with E-state index in [0.717, 1.165) is 6.92 Å². The summed E-state index contributed by atoms with van der Waals surface area (Å²) in [6.45, 7) is 3.69. The van der Waals surface area contributed by atoms with E-state index in [1.807, 2.05) is 0 Å². The van der Waals surface area contributed by atoms with E-state index in [2.05, 4.69) is 6.58 Å². The van der Waals surface area contributed by atoms with Gasteiger partial charge in [-0.15, -0.1) is 13.2 Å². The Morgan fingerprint density at radius 2 is 1.53 bits per heavy atom. The van der Waals surface area contributed by atoms with Gasteiger partial charge in [-0.3, -0.25) is 9.59 Å². The Morgan fingerprint density at radius 3 is 1.76 bits per heavy atom. The van der Waals surface area contributed by atoms with Gasteiger partial charge in [-0.2, -0.15) is 18.1 Å². The summed E-state index contributed by atoms with van der Waals surface area (Å²) in [7, 11) is 0. The van der Waals surface area contributed by atoms with Crippen LogP contribution in [0.25, 0.3) is 0 Å². The first-order valence-electron chi connectivity index (χ1n) is 4.02. The molecule has 0 unspecified atom stereocenters. The molecule has 0 aromatic carbocycles. The maximum atomic E-state index is 12.2. The molecule has 0 saturated carbocycles. The van der Waals surface area contributed by atoms with Gasteiger partial charge < -0.3 is 0 Å². The third-order valence-corrected chi connectivity index (χ3v) is 1.42. The highest BCUT2D eigenvalue weighted by molar-refractivity contribution is 6.04. The summed E-state index contributed by atoms with van der Waals surface area (Å²) in [6, 6.07) is 0. The van der Waals surface area contributed by atoms with E-state index in [4.69, 9.17) is 0 Å². The van der Waals surface area contributed by atoms with Crippen molar-refractivity contribution < 1.29 is 35.9 Å². The maximum Gasteiger partial charge on any atom is 0.494 e. The van der Waals surface area contributed by atoms with Gasteiger partial charge in [-0.1, -0.05) is 6.58 Å². The van der Waals surface area contributed by atoms with Gasteiger partial charge in [-0.25, -0.2) is 0 Å². The minimum atomic E-state index is -5.52. The number of carbonyl (C=O) groups is 2. The Bertz CT molecular complexity index is 343. The van der Waals surface area contributed by atoms with E-state index < -0.39 is 41.2 Å². The number of hydrogen-bond donors (Lipinski definition) is 0. The number of rotatable bonds is 2. The molecular formula is C8H7F6NO2. The average Bonchev–Trinajstić information content (AvgIpc) is 1.96. The van der Waals surface area contributed by atoms with Gasteiger partial charge >= 0.3 is 12.5 Å². The number of amides is 2. The van der Waals surface area contributed by atoms with Gasteiger partial charge in [0.15, 0.2) is 0 Å². The minimum Gasteiger partial charge on any atom is -0.274 e. The molecule has 0 bridgehead atoms. The van der Waals surface area contributed by atoms with Gasteiger partial charge in [0.25, 0.3) is 5.91 Å². The molecule has 0 atom stereocenters. The molecule has 9 heteroatoms. The SMILES string of the molecule is C=C(C)C(=O)N(C(=O)CC(F)(F)F)C(F)(F)F. The lowest BCUT2D eigenvalue weighted by molar-refractivity contribution is -0.239. The first kappa shape index (κ1) is 15.5. The van der Waals surface area contributed by atoms with E-state index in [-0.39, 0.29) is 0 Å². The van der Waals surface area contributed by atoms with Crippen molar-refractivity contribution in [3.8, 4) is 0 Å². The van der Waals surface area contributed by atoms with Crippen molar-refractivity contribution in [2.45, 2.75) is 25.8 Å². The number of hydrogen-bond acceptors (Lipinski definition) is 2. The lowest BCUT2D eigenvalue weighted by Gasteiger charge is -2.23. The quantitative estimate of drug-likeness (QED) is 0.436. The molecule has 0 aromatic heterocycles. The molecule has 17 heavy (non-hydrogen) atoms. The monoisotopic (exact) mass is 263 g/mol. The van der Waals surface area contributed by atoms with Crippen LogP contribution >= 0.6 is 0 Å². The van der Waals surface area contributed by atoms with Crippen LogP contribution in [0.5, 0.6) is 0 Å². The Balaban J connectivity index is 5.16. The van der Waals surface area contributed by atoms with Gasteiger partial charge in [0.2, 0.25) is 5.91 Å². The van der Waals surface area contributed by atoms with Crippen LogP contribution < -0.4 is 0 Å². The second-order valence-electron chi connectivity index (χ2n) is 3.07. The number of alkyl halides is 6. The Hall–Kier alpha value is -1.54. The Labute approximate surface area is 91.7 Å². The molecule has 0 heterocycles. The summed E-state index contributed by atoms with van der Waals surface area (Å²) >= 11 is 0. The summed E-state index contributed by atoms with van der Waals surface area (Å²) in [5.41, 5.74) is -0.696. The first-order chi connectivity index (χ1) is 7.36. The summed E-state index contributed by atoms with van der Waals surface area (Å²) in [6.07, 6.45) is -13.0. The highest BCUT2D eigenvalue weighted by Crippen LogP contribution is 2.28. The Kier molecular flexibility index (Phi) is 4.33. The first-order valence-corrected chi connectivity index (χ1v) is 4.02. The summed E-state index contributed by atoms with van der Waals surface area (Å²) in [5.74, 6) is -4.30. The van der Waals surface area contributed by atoms with E-state index in [9.17, 15) is 35.9 Å². The van der Waals surface area contributed by atoms with Crippen molar-refractivity contribution in [1.82, 2.24) is 4.90 Å². The van der Waals surface area contributed by atoms with Crippen LogP contribution in [0.4, 0.5) is 26.3 Å². The molecule has 0 saturated heterocycles. The predicted octanol–water partition coefficient (Wildman–Crippen LogP) is 2.39. The van der Waals surface area contributed by atoms with Crippen LogP contribution in [0.2, 0.25) is 0 Å². The van der Waals surface area contributed by atoms with Crippen molar-refractivity contribution in [3.05, 3.63) is 12.2 Å². The van der Waals surface area contributed by atoms with Crippen molar-refractivity contribution in [2.24, 2.45) is 0 Å². The van der Waals surface area contributed by atoms with E-state index in [1.165, 1.54) is 0 Å². The molecule has 3 nitrogen and oxygen atoms in total. The van der Waals surface area contributed by atoms with Crippen molar-refractivity contribution in [2.75, 3.05) is 0 Å². The van der Waals surface area contributed by atoms with E-state index in [1.54, 1.807) is 0 Å². The van der Waals surface area contributed by atoms with Crippen molar-refractivity contribution in [3.63, 3.8) is 0 Å². The zero-order valence-electron chi connectivity index (χ0n) is 8.45. The second-order valence-corrected chi connectivity index (χ2v) is 3.07. The van der Waals surface area contributed by atoms with Crippen LogP contribution in [-0.4, -0.2) is 29.2 Å². The van der Waals surface area contributed by atoms with Crippen LogP contribution in [-0.2, 0) is 9.59 Å². The van der Waals surface area contributed by atoms with Crippen LogP contribution in [0, 0.1) is 0 Å². The predicted molar refractivity (Wildman–Crippen MR) is 43.4 cm³/mol.